The number of rotatable bonds is 4. The summed E-state index contributed by atoms with van der Waals surface area (Å²) < 4.78 is 4.47. The van der Waals surface area contributed by atoms with Gasteiger partial charge >= 0.3 is 5.69 Å². The monoisotopic (exact) mass is 326 g/mol. The van der Waals surface area contributed by atoms with Crippen LogP contribution in [0.25, 0.3) is 11.2 Å². The number of benzene rings is 1. The normalized spacial score (nSPS) is 12.0. The van der Waals surface area contributed by atoms with Crippen molar-refractivity contribution in [1.82, 2.24) is 18.7 Å². The molecule has 1 aromatic carbocycles. The van der Waals surface area contributed by atoms with Gasteiger partial charge in [0.15, 0.2) is 11.2 Å². The molecule has 0 fully saturated rings. The Morgan fingerprint density at radius 3 is 2.42 bits per heavy atom. The predicted molar refractivity (Wildman–Crippen MR) is 94.3 cm³/mol. The quantitative estimate of drug-likeness (QED) is 0.734. The third kappa shape index (κ3) is 2.58. The Labute approximate surface area is 140 Å². The van der Waals surface area contributed by atoms with E-state index in [1.807, 2.05) is 32.0 Å². The molecule has 0 spiro atoms. The highest BCUT2D eigenvalue weighted by Gasteiger charge is 2.27. The summed E-state index contributed by atoms with van der Waals surface area (Å²) >= 11 is 0. The minimum Gasteiger partial charge on any atom is -0.328 e. The highest BCUT2D eigenvalue weighted by Crippen LogP contribution is 2.20. The van der Waals surface area contributed by atoms with E-state index in [2.05, 4.69) is 17.1 Å². The second kappa shape index (κ2) is 5.78. The molecule has 0 aliphatic rings. The van der Waals surface area contributed by atoms with E-state index in [4.69, 9.17) is 0 Å². The summed E-state index contributed by atoms with van der Waals surface area (Å²) in [5.41, 5.74) is 0.847. The molecule has 0 radical (unpaired) electrons. The largest absolute Gasteiger partial charge is 0.332 e. The molecule has 0 aliphatic heterocycles. The van der Waals surface area contributed by atoms with Crippen molar-refractivity contribution in [3.8, 4) is 0 Å². The van der Waals surface area contributed by atoms with Crippen molar-refractivity contribution in [3.05, 3.63) is 63.1 Å². The van der Waals surface area contributed by atoms with Gasteiger partial charge in [0.1, 0.15) is 0 Å². The van der Waals surface area contributed by atoms with Crippen LogP contribution >= 0.6 is 0 Å². The Kier molecular flexibility index (Phi) is 3.91. The Balaban J connectivity index is 2.09. The summed E-state index contributed by atoms with van der Waals surface area (Å²) in [5, 5.41) is 0. The van der Waals surface area contributed by atoms with Gasteiger partial charge in [0, 0.05) is 19.6 Å². The zero-order valence-corrected chi connectivity index (χ0v) is 14.5. The zero-order chi connectivity index (χ0) is 17.5. The SMILES string of the molecule is Cn1cnc2c1c(=O)n(C(C)(C)CCc1ccccc1)c(=O)n2C. The molecule has 0 amide bonds. The highest BCUT2D eigenvalue weighted by atomic mass is 16.2. The van der Waals surface area contributed by atoms with E-state index in [1.54, 1.807) is 25.0 Å². The van der Waals surface area contributed by atoms with E-state index in [1.165, 1.54) is 14.7 Å². The van der Waals surface area contributed by atoms with Gasteiger partial charge in [-0.15, -0.1) is 0 Å². The topological polar surface area (TPSA) is 61.8 Å². The fourth-order valence-corrected chi connectivity index (χ4v) is 3.08. The molecule has 6 nitrogen and oxygen atoms in total. The fourth-order valence-electron chi connectivity index (χ4n) is 3.08. The lowest BCUT2D eigenvalue weighted by Gasteiger charge is -2.27. The van der Waals surface area contributed by atoms with Crippen molar-refractivity contribution in [2.24, 2.45) is 14.1 Å². The fraction of sp³-hybridized carbons (Fsp3) is 0.389. The third-order valence-corrected chi connectivity index (χ3v) is 4.59. The first-order valence-electron chi connectivity index (χ1n) is 8.00. The molecule has 0 unspecified atom stereocenters. The van der Waals surface area contributed by atoms with Crippen LogP contribution in [-0.2, 0) is 26.1 Å². The Morgan fingerprint density at radius 1 is 1.08 bits per heavy atom. The van der Waals surface area contributed by atoms with Crippen LogP contribution in [-0.4, -0.2) is 18.7 Å². The van der Waals surface area contributed by atoms with Crippen molar-refractivity contribution in [3.63, 3.8) is 0 Å². The highest BCUT2D eigenvalue weighted by molar-refractivity contribution is 5.69. The second-order valence-corrected chi connectivity index (χ2v) is 6.81. The lowest BCUT2D eigenvalue weighted by Crippen LogP contribution is -2.49. The molecule has 126 valence electrons. The minimum absolute atomic E-state index is 0.286. The zero-order valence-electron chi connectivity index (χ0n) is 14.5. The van der Waals surface area contributed by atoms with Gasteiger partial charge < -0.3 is 4.57 Å². The van der Waals surface area contributed by atoms with E-state index in [-0.39, 0.29) is 11.2 Å². The van der Waals surface area contributed by atoms with Crippen LogP contribution in [0.4, 0.5) is 0 Å². The van der Waals surface area contributed by atoms with Crippen LogP contribution in [0.1, 0.15) is 25.8 Å². The number of aryl methyl sites for hydroxylation is 3. The van der Waals surface area contributed by atoms with Crippen LogP contribution in [0.3, 0.4) is 0 Å². The van der Waals surface area contributed by atoms with Gasteiger partial charge in [-0.25, -0.2) is 9.78 Å². The molecule has 0 N–H and O–H groups in total. The van der Waals surface area contributed by atoms with E-state index < -0.39 is 5.54 Å². The summed E-state index contributed by atoms with van der Waals surface area (Å²) in [6, 6.07) is 10.1. The molecular weight excluding hydrogens is 304 g/mol. The Hall–Kier alpha value is -2.63. The molecular formula is C18H22N4O2. The summed E-state index contributed by atoms with van der Waals surface area (Å²) in [4.78, 5) is 29.8. The molecule has 3 rings (SSSR count). The smallest absolute Gasteiger partial charge is 0.328 e. The minimum atomic E-state index is -0.597. The van der Waals surface area contributed by atoms with E-state index >= 15 is 0 Å². The van der Waals surface area contributed by atoms with Gasteiger partial charge in [0.05, 0.1) is 6.33 Å². The van der Waals surface area contributed by atoms with Crippen LogP contribution in [0.15, 0.2) is 46.2 Å². The van der Waals surface area contributed by atoms with Crippen molar-refractivity contribution in [2.75, 3.05) is 0 Å². The summed E-state index contributed by atoms with van der Waals surface area (Å²) in [6.07, 6.45) is 3.05. The number of aromatic nitrogens is 4. The molecule has 2 heterocycles. The van der Waals surface area contributed by atoms with Gasteiger partial charge in [0.2, 0.25) is 0 Å². The van der Waals surface area contributed by atoms with Crippen LogP contribution in [0, 0.1) is 0 Å². The van der Waals surface area contributed by atoms with Crippen molar-refractivity contribution >= 4 is 11.2 Å². The molecule has 0 saturated carbocycles. The molecule has 0 saturated heterocycles. The summed E-state index contributed by atoms with van der Waals surface area (Å²) in [7, 11) is 3.42. The van der Waals surface area contributed by atoms with Gasteiger partial charge in [-0.05, 0) is 32.3 Å². The average Bonchev–Trinajstić information content (AvgIpc) is 2.94. The van der Waals surface area contributed by atoms with Gasteiger partial charge in [-0.2, -0.15) is 0 Å². The molecule has 6 heteroatoms. The van der Waals surface area contributed by atoms with Crippen molar-refractivity contribution in [1.29, 1.82) is 0 Å². The van der Waals surface area contributed by atoms with Crippen LogP contribution in [0.2, 0.25) is 0 Å². The average molecular weight is 326 g/mol. The van der Waals surface area contributed by atoms with Gasteiger partial charge in [0.25, 0.3) is 5.56 Å². The Bertz CT molecular complexity index is 994. The molecule has 2 aromatic heterocycles. The number of nitrogens with zero attached hydrogens (tertiary/aromatic N) is 4. The molecule has 0 atom stereocenters. The number of imidazole rings is 1. The van der Waals surface area contributed by atoms with Crippen LogP contribution < -0.4 is 11.2 Å². The number of hydrogen-bond donors (Lipinski definition) is 0. The lowest BCUT2D eigenvalue weighted by atomic mass is 9.95. The van der Waals surface area contributed by atoms with E-state index in [0.29, 0.717) is 17.6 Å². The maximum Gasteiger partial charge on any atom is 0.332 e. The first-order chi connectivity index (χ1) is 11.3. The summed E-state index contributed by atoms with van der Waals surface area (Å²) in [6.45, 7) is 3.86. The molecule has 3 aromatic rings. The maximum absolute atomic E-state index is 12.9. The van der Waals surface area contributed by atoms with Crippen LogP contribution in [0.5, 0.6) is 0 Å². The van der Waals surface area contributed by atoms with E-state index in [9.17, 15) is 9.59 Å². The number of fused-ring (bicyclic) bond motifs is 1. The first-order valence-corrected chi connectivity index (χ1v) is 8.00. The number of hydrogen-bond acceptors (Lipinski definition) is 3. The summed E-state index contributed by atoms with van der Waals surface area (Å²) in [5.74, 6) is 0. The maximum atomic E-state index is 12.9. The van der Waals surface area contributed by atoms with Gasteiger partial charge in [-0.1, -0.05) is 30.3 Å². The molecule has 24 heavy (non-hydrogen) atoms. The lowest BCUT2D eigenvalue weighted by molar-refractivity contribution is 0.301. The second-order valence-electron chi connectivity index (χ2n) is 6.81. The van der Waals surface area contributed by atoms with Crippen molar-refractivity contribution < 1.29 is 0 Å². The van der Waals surface area contributed by atoms with Crippen molar-refractivity contribution in [2.45, 2.75) is 32.2 Å². The molecule has 0 bridgehead atoms. The predicted octanol–water partition coefficient (Wildman–Crippen LogP) is 1.80. The Morgan fingerprint density at radius 2 is 1.75 bits per heavy atom. The van der Waals surface area contributed by atoms with E-state index in [0.717, 1.165) is 6.42 Å². The third-order valence-electron chi connectivity index (χ3n) is 4.59. The standard InChI is InChI=1S/C18H22N4O2/c1-18(2,11-10-13-8-6-5-7-9-13)22-16(23)14-15(19-12-20(14)3)21(4)17(22)24/h5-9,12H,10-11H2,1-4H3. The van der Waals surface area contributed by atoms with Gasteiger partial charge in [-0.3, -0.25) is 13.9 Å². The molecule has 0 aliphatic carbocycles. The first kappa shape index (κ1) is 16.2.